The van der Waals surface area contributed by atoms with Gasteiger partial charge < -0.3 is 10.3 Å². The van der Waals surface area contributed by atoms with Crippen molar-refractivity contribution in [2.24, 2.45) is 0 Å². The molecule has 7 heteroatoms. The maximum absolute atomic E-state index is 13.1. The lowest BCUT2D eigenvalue weighted by molar-refractivity contribution is 0.478. The minimum atomic E-state index is -1.08. The quantitative estimate of drug-likeness (QED) is 0.471. The summed E-state index contributed by atoms with van der Waals surface area (Å²) in [4.78, 5) is 14.3. The summed E-state index contributed by atoms with van der Waals surface area (Å²) in [5.74, 6) is 0.719. The molecule has 5 nitrogen and oxygen atoms in total. The van der Waals surface area contributed by atoms with Gasteiger partial charge in [0, 0.05) is 34.5 Å². The van der Waals surface area contributed by atoms with Crippen LogP contribution in [0.2, 0.25) is 0 Å². The fraction of sp³-hybridized carbons (Fsp3) is 0.227. The number of pyridine rings is 1. The Hall–Kier alpha value is -2.48. The van der Waals surface area contributed by atoms with Crippen molar-refractivity contribution in [2.45, 2.75) is 35.6 Å². The number of rotatable bonds is 4. The van der Waals surface area contributed by atoms with Crippen LogP contribution in [0, 0.1) is 6.92 Å². The van der Waals surface area contributed by atoms with Gasteiger partial charge in [0.15, 0.2) is 0 Å². The number of nitrogens with two attached hydrogens (primary N) is 1. The summed E-state index contributed by atoms with van der Waals surface area (Å²) in [5.41, 5.74) is 10.9. The second-order valence-electron chi connectivity index (χ2n) is 7.27. The van der Waals surface area contributed by atoms with Crippen molar-refractivity contribution >= 4 is 38.4 Å². The maximum atomic E-state index is 13.1. The van der Waals surface area contributed by atoms with Gasteiger partial charge in [-0.15, -0.1) is 0 Å². The number of hydrogen-bond acceptors (Lipinski definition) is 6. The van der Waals surface area contributed by atoms with Crippen LogP contribution in [0.5, 0.6) is 0 Å². The van der Waals surface area contributed by atoms with Crippen molar-refractivity contribution in [3.63, 3.8) is 0 Å². The number of thiophene rings is 1. The highest BCUT2D eigenvalue weighted by Gasteiger charge is 2.35. The Morgan fingerprint density at radius 2 is 1.83 bits per heavy atom. The molecule has 1 atom stereocenters. The normalized spacial score (nSPS) is 15.4. The van der Waals surface area contributed by atoms with E-state index in [1.54, 1.807) is 12.4 Å². The van der Waals surface area contributed by atoms with Crippen molar-refractivity contribution < 1.29 is 4.55 Å². The van der Waals surface area contributed by atoms with Gasteiger partial charge in [-0.1, -0.05) is 41.7 Å². The van der Waals surface area contributed by atoms with E-state index < -0.39 is 11.2 Å². The molecule has 0 amide bonds. The van der Waals surface area contributed by atoms with Gasteiger partial charge in [0.05, 0.1) is 5.69 Å². The summed E-state index contributed by atoms with van der Waals surface area (Å²) in [6.07, 6.45) is 6.73. The number of aromatic nitrogens is 3. The number of anilines is 1. The molecule has 0 bridgehead atoms. The second kappa shape index (κ2) is 7.40. The van der Waals surface area contributed by atoms with Crippen LogP contribution >= 0.6 is 11.3 Å². The van der Waals surface area contributed by atoms with E-state index in [4.69, 9.17) is 10.7 Å². The fourth-order valence-corrected chi connectivity index (χ4v) is 6.71. The molecule has 5 rings (SSSR count). The number of fused-ring (bicyclic) bond motifs is 1. The molecule has 1 aliphatic rings. The van der Waals surface area contributed by atoms with Crippen LogP contribution in [0.4, 0.5) is 5.69 Å². The van der Waals surface area contributed by atoms with E-state index in [1.807, 2.05) is 31.2 Å². The largest absolute Gasteiger partial charge is 0.611 e. The summed E-state index contributed by atoms with van der Waals surface area (Å²) in [6, 6.07) is 12.2. The van der Waals surface area contributed by atoms with Crippen LogP contribution in [0.15, 0.2) is 53.0 Å². The predicted octanol–water partition coefficient (Wildman–Crippen LogP) is 4.97. The number of nitrogen functional groups attached to an aromatic ring is 1. The fourth-order valence-electron chi connectivity index (χ4n) is 3.50. The molecule has 0 aliphatic heterocycles. The van der Waals surface area contributed by atoms with Crippen molar-refractivity contribution in [3.8, 4) is 22.4 Å². The summed E-state index contributed by atoms with van der Waals surface area (Å²) in [6.45, 7) is 1.86. The van der Waals surface area contributed by atoms with Gasteiger partial charge in [0.1, 0.15) is 21.6 Å². The Kier molecular flexibility index (Phi) is 4.73. The first-order valence-electron chi connectivity index (χ1n) is 9.60. The molecule has 0 radical (unpaired) electrons. The Balaban J connectivity index is 1.73. The Morgan fingerprint density at radius 1 is 1.10 bits per heavy atom. The first-order chi connectivity index (χ1) is 14.1. The van der Waals surface area contributed by atoms with E-state index >= 15 is 0 Å². The molecular formula is C22H20N4OS2. The standard InChI is InChI=1S/C22H20N4OS2/c1-13-24-11-15(12-25-13)18-10-17(14-6-3-2-4-7-14)19-20(23)22(28-21(19)26-18)29(27)16-8-5-9-16/h2-4,6-7,10-12,16H,5,8-9,23H2,1H3. The molecule has 1 saturated carbocycles. The summed E-state index contributed by atoms with van der Waals surface area (Å²) in [7, 11) is 0. The molecule has 29 heavy (non-hydrogen) atoms. The number of aryl methyl sites for hydroxylation is 1. The molecule has 3 aromatic heterocycles. The molecule has 3 heterocycles. The molecule has 1 fully saturated rings. The second-order valence-corrected chi connectivity index (χ2v) is 10.2. The molecule has 4 aromatic rings. The maximum Gasteiger partial charge on any atom is 0.232 e. The zero-order valence-electron chi connectivity index (χ0n) is 16.0. The minimum absolute atomic E-state index is 0.218. The van der Waals surface area contributed by atoms with Gasteiger partial charge in [0.2, 0.25) is 4.21 Å². The van der Waals surface area contributed by atoms with E-state index in [0.717, 1.165) is 61.9 Å². The average molecular weight is 421 g/mol. The lowest BCUT2D eigenvalue weighted by atomic mass is 10.00. The molecule has 1 unspecified atom stereocenters. The van der Waals surface area contributed by atoms with Gasteiger partial charge in [-0.05, 0) is 43.4 Å². The zero-order chi connectivity index (χ0) is 20.0. The Bertz CT molecular complexity index is 1170. The average Bonchev–Trinajstić information content (AvgIpc) is 3.04. The monoisotopic (exact) mass is 420 g/mol. The Morgan fingerprint density at radius 3 is 2.48 bits per heavy atom. The third-order valence-corrected chi connectivity index (χ3v) is 8.66. The Labute approximate surface area is 176 Å². The molecule has 1 aromatic carbocycles. The minimum Gasteiger partial charge on any atom is -0.611 e. The molecule has 0 spiro atoms. The van der Waals surface area contributed by atoms with E-state index in [2.05, 4.69) is 22.1 Å². The molecule has 146 valence electrons. The van der Waals surface area contributed by atoms with Crippen LogP contribution < -0.4 is 5.73 Å². The van der Waals surface area contributed by atoms with E-state index in [9.17, 15) is 4.55 Å². The number of nitrogens with zero attached hydrogens (tertiary/aromatic N) is 3. The van der Waals surface area contributed by atoms with Crippen LogP contribution in [0.1, 0.15) is 25.1 Å². The first kappa shape index (κ1) is 18.5. The molecular weight excluding hydrogens is 400 g/mol. The van der Waals surface area contributed by atoms with E-state index in [1.165, 1.54) is 11.3 Å². The van der Waals surface area contributed by atoms with Gasteiger partial charge in [-0.25, -0.2) is 15.0 Å². The van der Waals surface area contributed by atoms with Crippen LogP contribution in [0.3, 0.4) is 0 Å². The smallest absolute Gasteiger partial charge is 0.232 e. The summed E-state index contributed by atoms with van der Waals surface area (Å²) in [5, 5.41) is 1.11. The van der Waals surface area contributed by atoms with Gasteiger partial charge in [-0.3, -0.25) is 0 Å². The third-order valence-electron chi connectivity index (χ3n) is 5.36. The van der Waals surface area contributed by atoms with Crippen LogP contribution in [-0.4, -0.2) is 24.8 Å². The zero-order valence-corrected chi connectivity index (χ0v) is 17.6. The summed E-state index contributed by atoms with van der Waals surface area (Å²) < 4.78 is 13.8. The van der Waals surface area contributed by atoms with E-state index in [-0.39, 0.29) is 5.25 Å². The molecule has 1 aliphatic carbocycles. The summed E-state index contributed by atoms with van der Waals surface area (Å²) >= 11 is 0.378. The van der Waals surface area contributed by atoms with Gasteiger partial charge in [0.25, 0.3) is 0 Å². The SMILES string of the molecule is Cc1ncc(-c2cc(-c3ccccc3)c3c(N)c([S+]([O-])C4CCC4)sc3n2)cn1. The van der Waals surface area contributed by atoms with Gasteiger partial charge in [-0.2, -0.15) is 0 Å². The topological polar surface area (TPSA) is 87.8 Å². The van der Waals surface area contributed by atoms with Gasteiger partial charge >= 0.3 is 0 Å². The lowest BCUT2D eigenvalue weighted by Gasteiger charge is -2.27. The number of benzene rings is 1. The predicted molar refractivity (Wildman–Crippen MR) is 119 cm³/mol. The van der Waals surface area contributed by atoms with E-state index in [0.29, 0.717) is 5.69 Å². The highest BCUT2D eigenvalue weighted by Crippen LogP contribution is 2.45. The van der Waals surface area contributed by atoms with Crippen molar-refractivity contribution in [1.82, 2.24) is 15.0 Å². The number of hydrogen-bond donors (Lipinski definition) is 1. The first-order valence-corrected chi connectivity index (χ1v) is 11.6. The van der Waals surface area contributed by atoms with Crippen LogP contribution in [-0.2, 0) is 11.2 Å². The highest BCUT2D eigenvalue weighted by molar-refractivity contribution is 7.94. The van der Waals surface area contributed by atoms with Crippen LogP contribution in [0.25, 0.3) is 32.6 Å². The lowest BCUT2D eigenvalue weighted by Crippen LogP contribution is -2.28. The highest BCUT2D eigenvalue weighted by atomic mass is 32.2. The molecule has 2 N–H and O–H groups in total. The van der Waals surface area contributed by atoms with Crippen molar-refractivity contribution in [2.75, 3.05) is 5.73 Å². The van der Waals surface area contributed by atoms with Crippen molar-refractivity contribution in [3.05, 3.63) is 54.6 Å². The molecule has 0 saturated heterocycles. The third kappa shape index (κ3) is 3.29. The van der Waals surface area contributed by atoms with Crippen molar-refractivity contribution in [1.29, 1.82) is 0 Å².